The molecule has 0 radical (unpaired) electrons. The Labute approximate surface area is 155 Å². The van der Waals surface area contributed by atoms with Gasteiger partial charge in [0.2, 0.25) is 0 Å². The summed E-state index contributed by atoms with van der Waals surface area (Å²) in [6.07, 6.45) is 0. The van der Waals surface area contributed by atoms with Crippen molar-refractivity contribution in [2.45, 2.75) is 20.8 Å². The van der Waals surface area contributed by atoms with Crippen LogP contribution in [0.3, 0.4) is 0 Å². The van der Waals surface area contributed by atoms with Gasteiger partial charge in [-0.05, 0) is 40.4 Å². The van der Waals surface area contributed by atoms with Crippen LogP contribution in [0.2, 0.25) is 0 Å². The van der Waals surface area contributed by atoms with Crippen LogP contribution in [0, 0.1) is 13.8 Å². The lowest BCUT2D eigenvalue weighted by Gasteiger charge is -2.24. The number of Topliss-reactive ketones (excluding diaryl/α,β-unsaturated/α-hetero) is 1. The normalized spacial score (nSPS) is 10.8. The molecule has 0 bridgehead atoms. The molecule has 146 valence electrons. The fraction of sp³-hybridized carbons (Fsp3) is 0.611. The molecule has 1 aromatic rings. The molecule has 0 aliphatic carbocycles. The second kappa shape index (κ2) is 9.38. The second-order valence-electron chi connectivity index (χ2n) is 6.47. The van der Waals surface area contributed by atoms with Crippen LogP contribution < -0.4 is 5.32 Å². The van der Waals surface area contributed by atoms with Gasteiger partial charge in [-0.2, -0.15) is 0 Å². The summed E-state index contributed by atoms with van der Waals surface area (Å²) < 4.78 is 6.47. The number of carbonyl (C=O) groups is 3. The van der Waals surface area contributed by atoms with Crippen molar-refractivity contribution in [1.82, 2.24) is 19.7 Å². The van der Waals surface area contributed by atoms with Gasteiger partial charge in [0.15, 0.2) is 5.78 Å². The standard InChI is InChI=1S/C18H30N4O4/c1-8-19-18(25)22(10-9-20(4)5)11-14(23)15-12(2)16(17(24)26-7)21(6)13(15)3/h8-11H2,1-7H3,(H,19,25). The number of likely N-dealkylation sites (N-methyl/N-ethyl adjacent to an activating group) is 1. The van der Waals surface area contributed by atoms with E-state index in [0.717, 1.165) is 0 Å². The van der Waals surface area contributed by atoms with Crippen LogP contribution >= 0.6 is 0 Å². The Kier molecular flexibility index (Phi) is 7.82. The summed E-state index contributed by atoms with van der Waals surface area (Å²) in [5.74, 6) is -0.684. The Morgan fingerprint density at radius 1 is 1.15 bits per heavy atom. The number of urea groups is 1. The van der Waals surface area contributed by atoms with E-state index in [1.807, 2.05) is 25.9 Å². The first kappa shape index (κ1) is 21.7. The smallest absolute Gasteiger partial charge is 0.354 e. The maximum atomic E-state index is 12.9. The van der Waals surface area contributed by atoms with Gasteiger partial charge in [-0.3, -0.25) is 4.79 Å². The van der Waals surface area contributed by atoms with E-state index in [1.165, 1.54) is 12.0 Å². The number of methoxy groups -OCH3 is 1. The third-order valence-corrected chi connectivity index (χ3v) is 4.35. The highest BCUT2D eigenvalue weighted by atomic mass is 16.5. The van der Waals surface area contributed by atoms with Gasteiger partial charge in [-0.25, -0.2) is 9.59 Å². The first-order chi connectivity index (χ1) is 12.1. The quantitative estimate of drug-likeness (QED) is 0.552. The molecule has 0 aliphatic rings. The molecular formula is C18H30N4O4. The molecule has 0 aliphatic heterocycles. The summed E-state index contributed by atoms with van der Waals surface area (Å²) in [6, 6.07) is -0.276. The number of amides is 2. The van der Waals surface area contributed by atoms with Gasteiger partial charge in [0, 0.05) is 37.9 Å². The zero-order valence-electron chi connectivity index (χ0n) is 16.8. The van der Waals surface area contributed by atoms with E-state index in [4.69, 9.17) is 4.74 Å². The fourth-order valence-electron chi connectivity index (χ4n) is 2.86. The minimum atomic E-state index is -0.486. The third kappa shape index (κ3) is 4.85. The molecule has 0 spiro atoms. The number of carbonyl (C=O) groups excluding carboxylic acids is 3. The van der Waals surface area contributed by atoms with E-state index in [2.05, 4.69) is 5.32 Å². The molecule has 1 N–H and O–H groups in total. The Balaban J connectivity index is 3.13. The van der Waals surface area contributed by atoms with Crippen LogP contribution in [0.15, 0.2) is 0 Å². The molecular weight excluding hydrogens is 336 g/mol. The van der Waals surface area contributed by atoms with Gasteiger partial charge in [0.25, 0.3) is 0 Å². The summed E-state index contributed by atoms with van der Waals surface area (Å²) in [5, 5.41) is 2.74. The highest BCUT2D eigenvalue weighted by Crippen LogP contribution is 2.22. The Morgan fingerprint density at radius 3 is 2.27 bits per heavy atom. The van der Waals surface area contributed by atoms with Crippen molar-refractivity contribution in [2.24, 2.45) is 7.05 Å². The lowest BCUT2D eigenvalue weighted by Crippen LogP contribution is -2.45. The van der Waals surface area contributed by atoms with E-state index in [-0.39, 0.29) is 18.4 Å². The molecule has 0 saturated carbocycles. The van der Waals surface area contributed by atoms with E-state index in [9.17, 15) is 14.4 Å². The zero-order valence-corrected chi connectivity index (χ0v) is 16.8. The molecule has 8 heteroatoms. The second-order valence-corrected chi connectivity index (χ2v) is 6.47. The fourth-order valence-corrected chi connectivity index (χ4v) is 2.86. The summed E-state index contributed by atoms with van der Waals surface area (Å²) in [6.45, 7) is 6.85. The number of esters is 1. The largest absolute Gasteiger partial charge is 0.464 e. The molecule has 1 heterocycles. The van der Waals surface area contributed by atoms with Crippen molar-refractivity contribution in [3.05, 3.63) is 22.5 Å². The highest BCUT2D eigenvalue weighted by Gasteiger charge is 2.27. The van der Waals surface area contributed by atoms with Crippen LogP contribution in [-0.4, -0.2) is 79.5 Å². The number of nitrogens with one attached hydrogen (secondary N) is 1. The van der Waals surface area contributed by atoms with E-state index in [0.29, 0.717) is 42.1 Å². The molecule has 0 unspecified atom stereocenters. The Bertz CT molecular complexity index is 679. The molecule has 0 fully saturated rings. The van der Waals surface area contributed by atoms with Crippen LogP contribution in [0.4, 0.5) is 4.79 Å². The summed E-state index contributed by atoms with van der Waals surface area (Å²) in [4.78, 5) is 40.7. The molecule has 1 rings (SSSR count). The Morgan fingerprint density at radius 2 is 1.77 bits per heavy atom. The van der Waals surface area contributed by atoms with Gasteiger partial charge in [-0.15, -0.1) is 0 Å². The van der Waals surface area contributed by atoms with E-state index < -0.39 is 5.97 Å². The maximum Gasteiger partial charge on any atom is 0.354 e. The predicted octanol–water partition coefficient (Wildman–Crippen LogP) is 1.20. The lowest BCUT2D eigenvalue weighted by atomic mass is 10.1. The van der Waals surface area contributed by atoms with Crippen LogP contribution in [0.1, 0.15) is 39.0 Å². The number of hydrogen-bond acceptors (Lipinski definition) is 5. The molecule has 0 aromatic carbocycles. The molecule has 0 saturated heterocycles. The van der Waals surface area contributed by atoms with Crippen LogP contribution in [0.25, 0.3) is 0 Å². The monoisotopic (exact) mass is 366 g/mol. The molecule has 2 amide bonds. The van der Waals surface area contributed by atoms with E-state index >= 15 is 0 Å². The third-order valence-electron chi connectivity index (χ3n) is 4.35. The van der Waals surface area contributed by atoms with Gasteiger partial charge in [0.05, 0.1) is 13.7 Å². The van der Waals surface area contributed by atoms with Crippen molar-refractivity contribution in [3.8, 4) is 0 Å². The van der Waals surface area contributed by atoms with Crippen molar-refractivity contribution >= 4 is 17.8 Å². The zero-order chi connectivity index (χ0) is 20.0. The number of ether oxygens (including phenoxy) is 1. The number of hydrogen-bond donors (Lipinski definition) is 1. The van der Waals surface area contributed by atoms with Gasteiger partial charge in [0.1, 0.15) is 5.69 Å². The van der Waals surface area contributed by atoms with Gasteiger partial charge < -0.3 is 24.4 Å². The number of aromatic nitrogens is 1. The average molecular weight is 366 g/mol. The summed E-state index contributed by atoms with van der Waals surface area (Å²) in [5.41, 5.74) is 2.07. The number of ketones is 1. The topological polar surface area (TPSA) is 83.9 Å². The molecule has 0 atom stereocenters. The molecule has 26 heavy (non-hydrogen) atoms. The highest BCUT2D eigenvalue weighted by molar-refractivity contribution is 6.04. The predicted molar refractivity (Wildman–Crippen MR) is 99.8 cm³/mol. The van der Waals surface area contributed by atoms with Crippen LogP contribution in [0.5, 0.6) is 0 Å². The minimum Gasteiger partial charge on any atom is -0.464 e. The summed E-state index contributed by atoms with van der Waals surface area (Å²) >= 11 is 0. The summed E-state index contributed by atoms with van der Waals surface area (Å²) in [7, 11) is 6.85. The number of rotatable bonds is 8. The number of nitrogens with zero attached hydrogens (tertiary/aromatic N) is 3. The van der Waals surface area contributed by atoms with E-state index in [1.54, 1.807) is 25.5 Å². The average Bonchev–Trinajstić information content (AvgIpc) is 2.80. The van der Waals surface area contributed by atoms with Crippen LogP contribution in [-0.2, 0) is 11.8 Å². The van der Waals surface area contributed by atoms with Crippen molar-refractivity contribution in [2.75, 3.05) is 47.4 Å². The lowest BCUT2D eigenvalue weighted by molar-refractivity contribution is 0.0588. The van der Waals surface area contributed by atoms with Crippen molar-refractivity contribution in [1.29, 1.82) is 0 Å². The van der Waals surface area contributed by atoms with Gasteiger partial charge in [-0.1, -0.05) is 0 Å². The maximum absolute atomic E-state index is 12.9. The molecule has 8 nitrogen and oxygen atoms in total. The minimum absolute atomic E-state index is 0.0496. The van der Waals surface area contributed by atoms with Gasteiger partial charge >= 0.3 is 12.0 Å². The molecule has 1 aromatic heterocycles. The van der Waals surface area contributed by atoms with Crippen molar-refractivity contribution < 1.29 is 19.1 Å². The first-order valence-electron chi connectivity index (χ1n) is 8.60. The Hall–Kier alpha value is -2.35. The first-order valence-corrected chi connectivity index (χ1v) is 8.60. The van der Waals surface area contributed by atoms with Crippen molar-refractivity contribution in [3.63, 3.8) is 0 Å². The SMILES string of the molecule is CCNC(=O)N(CCN(C)C)CC(=O)c1c(C)c(C(=O)OC)n(C)c1C.